The number of carboxylic acids is 3. The van der Waals surface area contributed by atoms with Crippen molar-refractivity contribution in [3.8, 4) is 23.0 Å². The predicted octanol–water partition coefficient (Wildman–Crippen LogP) is -0.732. The summed E-state index contributed by atoms with van der Waals surface area (Å²) in [6, 6.07) is 15.1. The lowest BCUT2D eigenvalue weighted by molar-refractivity contribution is -0.352. The maximum Gasteiger partial charge on any atom is 0.501 e. The lowest BCUT2D eigenvalue weighted by atomic mass is 9.95. The number of aromatic amines is 1. The van der Waals surface area contributed by atoms with Gasteiger partial charge in [0.2, 0.25) is 6.29 Å². The minimum Gasteiger partial charge on any atom is -0.497 e. The van der Waals surface area contributed by atoms with Crippen LogP contribution in [0, 0.1) is 0 Å². The fourth-order valence-electron chi connectivity index (χ4n) is 10.9. The van der Waals surface area contributed by atoms with Crippen molar-refractivity contribution >= 4 is 84.8 Å². The third kappa shape index (κ3) is 16.5. The van der Waals surface area contributed by atoms with E-state index < -0.39 is 155 Å². The van der Waals surface area contributed by atoms with Crippen molar-refractivity contribution in [2.45, 2.75) is 105 Å². The molecule has 3 saturated heterocycles. The number of rotatable bonds is 30. The Bertz CT molecular complexity index is 3940. The number of aromatic nitrogens is 1. The van der Waals surface area contributed by atoms with Crippen molar-refractivity contribution < 1.29 is 144 Å². The number of amides is 2. The van der Waals surface area contributed by atoms with Gasteiger partial charge in [0.1, 0.15) is 66.4 Å². The van der Waals surface area contributed by atoms with Crippen molar-refractivity contribution in [2.75, 3.05) is 84.2 Å². The largest absolute Gasteiger partial charge is 0.501 e. The monoisotopic (exact) mass is 1420 g/mol. The first-order valence-electron chi connectivity index (χ1n) is 29.7. The highest BCUT2D eigenvalue weighted by atomic mass is 35.5. The highest BCUT2D eigenvalue weighted by molar-refractivity contribution is 7.82. The molecular formula is C59H68ClN7O30S. The smallest absolute Gasteiger partial charge is 0.497 e. The summed E-state index contributed by atoms with van der Waals surface area (Å²) >= 11 is 6.62. The number of likely N-dealkylation sites (N-methyl/N-ethyl adjacent to an activating group) is 1. The molecule has 39 heteroatoms. The standard InChI is InChI=1S/C59H68ClN7O30S/c1-25(64-95-59-47(75)48(46(74)51(94-59)56(82)83)91-58-45(73)41(69)43(71)50(93-58)55(80)81)26-4-8-33-28(18-26)19-34(63-33)53(77)67-24-29(23-60)39-32-21-30(86-3)6-7-31(32)37(22-35(39)67)96-98(84,85)97-38-20-27(5-9-36(38)90-57-44(72)40(68)42(70)49(92-57)54(78)79)52(76)66(2)11-13-88-15-17-89-16-14-87-12-10-62-65-61/h4-9,18-22,29,40-51,57-59,63,68-75H,10-17,23-24H2,1-3H3,(H,78,79)(H,80,81)(H,82,83)/b64-25+/t29-,40+,41+,42+,43+,44-,45-,46+,47-,48+,49+,50?,51+,57-,58?,59+/m1/s1. The quantitative estimate of drug-likeness (QED) is 0.00513. The number of hydrogen-bond acceptors (Lipinski definition) is 29. The van der Waals surface area contributed by atoms with Crippen LogP contribution in [0.5, 0.6) is 23.0 Å². The van der Waals surface area contributed by atoms with Crippen LogP contribution >= 0.6 is 11.6 Å². The Hall–Kier alpha value is -8.35. The Morgan fingerprint density at radius 1 is 0.684 bits per heavy atom. The topological polar surface area (TPSA) is 536 Å². The molecule has 3 fully saturated rings. The van der Waals surface area contributed by atoms with Crippen molar-refractivity contribution in [3.63, 3.8) is 0 Å². The lowest BCUT2D eigenvalue weighted by Crippen LogP contribution is -2.65. The number of aliphatic hydroxyl groups is 8. The van der Waals surface area contributed by atoms with Crippen LogP contribution in [0.2, 0.25) is 0 Å². The number of nitrogens with zero attached hydrogens (tertiary/aromatic N) is 6. The van der Waals surface area contributed by atoms with Crippen molar-refractivity contribution in [1.82, 2.24) is 9.88 Å². The van der Waals surface area contributed by atoms with E-state index in [0.29, 0.717) is 33.2 Å². The first-order chi connectivity index (χ1) is 46.7. The minimum atomic E-state index is -5.44. The van der Waals surface area contributed by atoms with Crippen LogP contribution in [0.15, 0.2) is 77.0 Å². The number of H-pyrrole nitrogens is 1. The number of azide groups is 1. The molecule has 4 aliphatic heterocycles. The van der Waals surface area contributed by atoms with Gasteiger partial charge >= 0.3 is 28.3 Å². The van der Waals surface area contributed by atoms with Gasteiger partial charge in [0, 0.05) is 71.3 Å². The normalized spacial score (nSPS) is 27.2. The van der Waals surface area contributed by atoms with Crippen molar-refractivity contribution in [2.24, 2.45) is 10.3 Å². The van der Waals surface area contributed by atoms with Gasteiger partial charge in [-0.05, 0) is 83.6 Å². The van der Waals surface area contributed by atoms with Gasteiger partial charge in [0.15, 0.2) is 41.9 Å². The zero-order valence-corrected chi connectivity index (χ0v) is 53.4. The van der Waals surface area contributed by atoms with Crippen LogP contribution in [-0.2, 0) is 62.8 Å². The second-order valence-electron chi connectivity index (χ2n) is 22.4. The number of anilines is 1. The van der Waals surface area contributed by atoms with E-state index in [1.807, 2.05) is 0 Å². The van der Waals surface area contributed by atoms with E-state index in [4.69, 9.17) is 73.0 Å². The molecule has 16 atom stereocenters. The summed E-state index contributed by atoms with van der Waals surface area (Å²) in [6.07, 6.45) is -32.1. The number of aliphatic hydroxyl groups excluding tert-OH is 8. The molecule has 4 aliphatic rings. The molecule has 9 rings (SSSR count). The third-order valence-electron chi connectivity index (χ3n) is 16.0. The fraction of sp³-hybridized carbons (Fsp3) is 0.492. The Morgan fingerprint density at radius 2 is 1.29 bits per heavy atom. The molecule has 2 unspecified atom stereocenters. The van der Waals surface area contributed by atoms with Crippen LogP contribution in [0.25, 0.3) is 32.1 Å². The number of carboxylic acid groups (broad SMARTS) is 3. The summed E-state index contributed by atoms with van der Waals surface area (Å²) in [7, 11) is -2.65. The lowest BCUT2D eigenvalue weighted by Gasteiger charge is -2.44. The Morgan fingerprint density at radius 3 is 1.93 bits per heavy atom. The zero-order chi connectivity index (χ0) is 71.0. The Labute approximate surface area is 559 Å². The molecular weight excluding hydrogens is 1350 g/mol. The number of carbonyl (C=O) groups is 5. The van der Waals surface area contributed by atoms with E-state index in [2.05, 4.69) is 20.2 Å². The van der Waals surface area contributed by atoms with E-state index in [1.165, 1.54) is 61.2 Å². The number of oxime groups is 1. The van der Waals surface area contributed by atoms with E-state index in [-0.39, 0.29) is 93.2 Å². The Kier molecular flexibility index (Phi) is 24.2. The van der Waals surface area contributed by atoms with Crippen LogP contribution in [0.4, 0.5) is 5.69 Å². The number of carbonyl (C=O) groups excluding carboxylic acids is 2. The number of fused-ring (bicyclic) bond motifs is 4. The average molecular weight is 1420 g/mol. The van der Waals surface area contributed by atoms with E-state index in [9.17, 15) is 88.6 Å². The van der Waals surface area contributed by atoms with Gasteiger partial charge < -0.3 is 127 Å². The van der Waals surface area contributed by atoms with Crippen LogP contribution < -0.4 is 22.7 Å². The molecule has 0 aliphatic carbocycles. The number of benzene rings is 4. The van der Waals surface area contributed by atoms with Gasteiger partial charge in [-0.15, -0.1) is 20.0 Å². The van der Waals surface area contributed by atoms with Crippen LogP contribution in [0.1, 0.15) is 44.8 Å². The van der Waals surface area contributed by atoms with Crippen LogP contribution in [0.3, 0.4) is 0 Å². The number of ether oxygens (including phenoxy) is 9. The number of aliphatic carboxylic acids is 3. The molecule has 5 heterocycles. The first kappa shape index (κ1) is 73.9. The molecule has 5 aromatic rings. The average Bonchev–Trinajstić information content (AvgIpc) is 1.57. The molecule has 0 spiro atoms. The third-order valence-corrected chi connectivity index (χ3v) is 17.1. The minimum absolute atomic E-state index is 0.00156. The summed E-state index contributed by atoms with van der Waals surface area (Å²) in [5, 5.41) is 122. The molecule has 1 aromatic heterocycles. The van der Waals surface area contributed by atoms with E-state index in [1.54, 1.807) is 24.3 Å². The van der Waals surface area contributed by atoms with Gasteiger partial charge in [-0.25, -0.2) is 14.4 Å². The molecule has 532 valence electrons. The summed E-state index contributed by atoms with van der Waals surface area (Å²) in [5.74, 6) is -8.90. The first-order valence-corrected chi connectivity index (χ1v) is 31.6. The van der Waals surface area contributed by atoms with Gasteiger partial charge in [-0.2, -0.15) is 0 Å². The summed E-state index contributed by atoms with van der Waals surface area (Å²) in [4.78, 5) is 78.3. The van der Waals surface area contributed by atoms with Gasteiger partial charge in [-0.1, -0.05) is 16.3 Å². The molecule has 0 radical (unpaired) electrons. The molecule has 0 saturated carbocycles. The molecule has 37 nitrogen and oxygen atoms in total. The number of methoxy groups -OCH3 is 1. The number of nitrogens with one attached hydrogen (secondary N) is 1. The summed E-state index contributed by atoms with van der Waals surface area (Å²) in [6.45, 7) is 2.55. The predicted molar refractivity (Wildman–Crippen MR) is 330 cm³/mol. The number of halogens is 1. The fourth-order valence-corrected chi connectivity index (χ4v) is 11.9. The van der Waals surface area contributed by atoms with Gasteiger partial charge in [-0.3, -0.25) is 9.59 Å². The molecule has 98 heavy (non-hydrogen) atoms. The second kappa shape index (κ2) is 32.1. The number of alkyl halides is 1. The molecule has 2 amide bonds. The van der Waals surface area contributed by atoms with Crippen molar-refractivity contribution in [1.29, 1.82) is 0 Å². The molecule has 0 bridgehead atoms. The SMILES string of the molecule is COc1ccc2c(OS(=O)(=O)Oc3cc(C(=O)N(C)CCOCCOCCOCCN=[N+]=[N-])ccc3O[C@@H]3O[C@H](C(=O)O)[C@@H](O)[C@H](O)[C@H]3O)cc3c(c2c1)[C@H](CCl)CN3C(=O)c1cc2cc(/C(C)=N/O[C@@H]3O[C@H](C(=O)O)[C@@H](O)[C@H](OC4OC(C(=O)O)[C@@H](O)[C@H](O)[C@H]4O)[C@H]3O)ccc2[nH]1. The zero-order valence-electron chi connectivity index (χ0n) is 51.8. The summed E-state index contributed by atoms with van der Waals surface area (Å²) < 4.78 is 88.9. The summed E-state index contributed by atoms with van der Waals surface area (Å²) in [5.41, 5.74) is 9.51. The number of hydrogen-bond donors (Lipinski definition) is 12. The van der Waals surface area contributed by atoms with Crippen molar-refractivity contribution in [3.05, 3.63) is 99.6 Å². The van der Waals surface area contributed by atoms with E-state index >= 15 is 0 Å². The van der Waals surface area contributed by atoms with E-state index in [0.717, 1.165) is 12.1 Å². The van der Waals surface area contributed by atoms with Gasteiger partial charge in [0.05, 0.1) is 58.2 Å². The maximum atomic E-state index is 14.9. The van der Waals surface area contributed by atoms with Gasteiger partial charge in [0.25, 0.3) is 18.1 Å². The maximum absolute atomic E-state index is 14.9. The molecule has 4 aromatic carbocycles. The molecule has 12 N–H and O–H groups in total. The van der Waals surface area contributed by atoms with Crippen LogP contribution in [-0.4, -0.2) is 281 Å². The Balaban J connectivity index is 0.951. The highest BCUT2D eigenvalue weighted by Gasteiger charge is 2.55. The highest BCUT2D eigenvalue weighted by Crippen LogP contribution is 2.48. The second-order valence-corrected chi connectivity index (χ2v) is 23.9.